The molecule has 0 unspecified atom stereocenters. The summed E-state index contributed by atoms with van der Waals surface area (Å²) in [6.07, 6.45) is -0.766. The van der Waals surface area contributed by atoms with Gasteiger partial charge in [-0.05, 0) is 57.9 Å². The van der Waals surface area contributed by atoms with E-state index in [1.165, 1.54) is 0 Å². The minimum atomic E-state index is -1.76. The van der Waals surface area contributed by atoms with Crippen LogP contribution in [0.25, 0.3) is 0 Å². The predicted molar refractivity (Wildman–Crippen MR) is 155 cm³/mol. The summed E-state index contributed by atoms with van der Waals surface area (Å²) in [5.74, 6) is 1.20. The van der Waals surface area contributed by atoms with E-state index in [4.69, 9.17) is 14.2 Å². The Morgan fingerprint density at radius 1 is 0.923 bits per heavy atom. The summed E-state index contributed by atoms with van der Waals surface area (Å²) in [6.45, 7) is 2.32. The van der Waals surface area contributed by atoms with Gasteiger partial charge >= 0.3 is 0 Å². The van der Waals surface area contributed by atoms with Crippen LogP contribution in [0.1, 0.15) is 29.0 Å². The molecule has 0 amide bonds. The fourth-order valence-electron chi connectivity index (χ4n) is 5.88. The van der Waals surface area contributed by atoms with E-state index >= 15 is 0 Å². The van der Waals surface area contributed by atoms with Crippen LogP contribution in [0.5, 0.6) is 17.2 Å². The highest BCUT2D eigenvalue weighted by Gasteiger charge is 2.73. The van der Waals surface area contributed by atoms with Gasteiger partial charge in [-0.25, -0.2) is 0 Å². The van der Waals surface area contributed by atoms with Crippen molar-refractivity contribution in [3.05, 3.63) is 87.9 Å². The maximum Gasteiger partial charge on any atom is 0.176 e. The molecule has 4 atom stereocenters. The molecule has 7 nitrogen and oxygen atoms in total. The number of halogens is 1. The van der Waals surface area contributed by atoms with Gasteiger partial charge in [0.15, 0.2) is 11.2 Å². The number of ether oxygens (including phenoxy) is 3. The Kier molecular flexibility index (Phi) is 7.95. The summed E-state index contributed by atoms with van der Waals surface area (Å²) in [6, 6.07) is 21.4. The molecular formula is C31H37BrN2O5. The molecule has 0 saturated heterocycles. The molecule has 3 aromatic rings. The number of hydrogen-bond donors (Lipinski definition) is 2. The van der Waals surface area contributed by atoms with Gasteiger partial charge in [-0.1, -0.05) is 58.4 Å². The normalized spacial score (nSPS) is 25.5. The van der Waals surface area contributed by atoms with E-state index < -0.39 is 17.3 Å². The Hall–Kier alpha value is -2.62. The summed E-state index contributed by atoms with van der Waals surface area (Å²) < 4.78 is 20.2. The van der Waals surface area contributed by atoms with Gasteiger partial charge in [0.25, 0.3) is 0 Å². The molecule has 3 aromatic carbocycles. The van der Waals surface area contributed by atoms with Crippen LogP contribution in [0.4, 0.5) is 0 Å². The van der Waals surface area contributed by atoms with Crippen molar-refractivity contribution in [2.45, 2.75) is 29.6 Å². The number of benzene rings is 3. The van der Waals surface area contributed by atoms with Crippen molar-refractivity contribution < 1.29 is 24.4 Å². The maximum absolute atomic E-state index is 12.8. The van der Waals surface area contributed by atoms with E-state index in [1.54, 1.807) is 0 Å². The first-order chi connectivity index (χ1) is 18.7. The van der Waals surface area contributed by atoms with Crippen LogP contribution in [0.3, 0.4) is 0 Å². The molecule has 8 heteroatoms. The maximum atomic E-state index is 12.8. The highest BCUT2D eigenvalue weighted by atomic mass is 79.9. The van der Waals surface area contributed by atoms with Crippen LogP contribution in [0.15, 0.2) is 71.2 Å². The summed E-state index contributed by atoms with van der Waals surface area (Å²) >= 11 is 3.54. The van der Waals surface area contributed by atoms with Crippen molar-refractivity contribution in [2.75, 3.05) is 54.5 Å². The Bertz CT molecular complexity index is 1290. The van der Waals surface area contributed by atoms with Crippen molar-refractivity contribution in [1.29, 1.82) is 0 Å². The average molecular weight is 598 g/mol. The number of likely N-dealkylation sites (N-methyl/N-ethyl adjacent to an activating group) is 2. The molecule has 5 rings (SSSR count). The lowest BCUT2D eigenvalue weighted by Gasteiger charge is -2.40. The first kappa shape index (κ1) is 27.9. The van der Waals surface area contributed by atoms with Crippen LogP contribution in [0.2, 0.25) is 0 Å². The average Bonchev–Trinajstić information content (AvgIpc) is 3.29. The lowest BCUT2D eigenvalue weighted by atomic mass is 9.71. The second kappa shape index (κ2) is 11.1. The van der Waals surface area contributed by atoms with Gasteiger partial charge in [-0.2, -0.15) is 0 Å². The highest BCUT2D eigenvalue weighted by Crippen LogP contribution is 2.68. The van der Waals surface area contributed by atoms with Crippen molar-refractivity contribution in [3.63, 3.8) is 0 Å². The molecule has 39 heavy (non-hydrogen) atoms. The van der Waals surface area contributed by atoms with E-state index in [9.17, 15) is 10.2 Å². The topological polar surface area (TPSA) is 74.6 Å². The number of fused-ring (bicyclic) bond motifs is 3. The van der Waals surface area contributed by atoms with E-state index in [1.807, 2.05) is 99.8 Å². The Balaban J connectivity index is 1.67. The van der Waals surface area contributed by atoms with Gasteiger partial charge in [-0.3, -0.25) is 0 Å². The molecule has 1 fully saturated rings. The van der Waals surface area contributed by atoms with Gasteiger partial charge in [-0.15, -0.1) is 0 Å². The summed E-state index contributed by atoms with van der Waals surface area (Å²) in [7, 11) is 7.95. The molecule has 1 heterocycles. The van der Waals surface area contributed by atoms with Crippen molar-refractivity contribution in [3.8, 4) is 17.2 Å². The summed E-state index contributed by atoms with van der Waals surface area (Å²) in [4.78, 5) is 4.08. The monoisotopic (exact) mass is 596 g/mol. The Morgan fingerprint density at radius 2 is 1.56 bits per heavy atom. The Labute approximate surface area is 239 Å². The number of rotatable bonds is 10. The van der Waals surface area contributed by atoms with Crippen LogP contribution in [-0.4, -0.2) is 80.6 Å². The quantitative estimate of drug-likeness (QED) is 0.360. The van der Waals surface area contributed by atoms with Crippen LogP contribution in [0, 0.1) is 0 Å². The van der Waals surface area contributed by atoms with E-state index in [2.05, 4.69) is 20.8 Å². The summed E-state index contributed by atoms with van der Waals surface area (Å²) in [5, 5.41) is 24.4. The van der Waals surface area contributed by atoms with E-state index in [0.29, 0.717) is 49.0 Å². The molecule has 208 valence electrons. The molecule has 1 aliphatic carbocycles. The van der Waals surface area contributed by atoms with Crippen molar-refractivity contribution in [1.82, 2.24) is 9.80 Å². The molecule has 0 bridgehead atoms. The van der Waals surface area contributed by atoms with Gasteiger partial charge < -0.3 is 34.2 Å². The Morgan fingerprint density at radius 3 is 2.21 bits per heavy atom. The van der Waals surface area contributed by atoms with Crippen LogP contribution in [-0.2, 0) is 11.2 Å². The molecule has 0 spiro atoms. The lowest BCUT2D eigenvalue weighted by Crippen LogP contribution is -2.52. The number of nitrogens with zero attached hydrogens (tertiary/aromatic N) is 2. The largest absolute Gasteiger partial charge is 0.492 e. The van der Waals surface area contributed by atoms with Crippen molar-refractivity contribution >= 4 is 15.9 Å². The lowest BCUT2D eigenvalue weighted by molar-refractivity contribution is -0.150. The zero-order valence-corrected chi connectivity index (χ0v) is 24.5. The SMILES string of the molecule is CN(C)CCOc1cc(OCCN(C)C)c2c(c1)O[C@]1(c3ccc(Br)cc3)[C@@H](c3ccccc3)C[C@H](O)[C@]21O. The van der Waals surface area contributed by atoms with Crippen LogP contribution < -0.4 is 14.2 Å². The molecular weight excluding hydrogens is 560 g/mol. The fourth-order valence-corrected chi connectivity index (χ4v) is 6.15. The zero-order valence-electron chi connectivity index (χ0n) is 22.9. The molecule has 2 N–H and O–H groups in total. The number of aliphatic hydroxyl groups excluding tert-OH is 1. The molecule has 0 aromatic heterocycles. The minimum absolute atomic E-state index is 0.319. The fraction of sp³-hybridized carbons (Fsp3) is 0.419. The second-order valence-electron chi connectivity index (χ2n) is 10.9. The highest BCUT2D eigenvalue weighted by molar-refractivity contribution is 9.10. The number of hydrogen-bond acceptors (Lipinski definition) is 7. The first-order valence-electron chi connectivity index (χ1n) is 13.3. The summed E-state index contributed by atoms with van der Waals surface area (Å²) in [5.41, 5.74) is -0.801. The van der Waals surface area contributed by atoms with Crippen molar-refractivity contribution in [2.24, 2.45) is 0 Å². The van der Waals surface area contributed by atoms with Gasteiger partial charge in [0.2, 0.25) is 0 Å². The third-order valence-electron chi connectivity index (χ3n) is 7.77. The standard InChI is InChI=1S/C31H37BrN2O5/c1-33(2)14-16-37-24-18-26(38-17-15-34(3)4)29-27(19-24)39-31(22-10-12-23(32)13-11-22)25(20-28(35)30(29,31)36)21-8-6-5-7-9-21/h5-13,18-19,25,28,35-36H,14-17,20H2,1-4H3/t25-,28+,30+,31-/m1/s1. The van der Waals surface area contributed by atoms with Gasteiger partial charge in [0.1, 0.15) is 30.5 Å². The predicted octanol–water partition coefficient (Wildman–Crippen LogP) is 4.35. The third-order valence-corrected chi connectivity index (χ3v) is 8.30. The zero-order chi connectivity index (χ0) is 27.8. The first-order valence-corrected chi connectivity index (χ1v) is 14.1. The molecule has 1 saturated carbocycles. The van der Waals surface area contributed by atoms with Gasteiger partial charge in [0, 0.05) is 35.6 Å². The second-order valence-corrected chi connectivity index (χ2v) is 11.8. The molecule has 2 aliphatic rings. The van der Waals surface area contributed by atoms with Gasteiger partial charge in [0.05, 0.1) is 11.7 Å². The number of aliphatic hydroxyl groups is 2. The minimum Gasteiger partial charge on any atom is -0.492 e. The van der Waals surface area contributed by atoms with E-state index in [0.717, 1.165) is 22.1 Å². The molecule has 0 radical (unpaired) electrons. The van der Waals surface area contributed by atoms with E-state index in [-0.39, 0.29) is 5.92 Å². The smallest absolute Gasteiger partial charge is 0.176 e. The van der Waals surface area contributed by atoms with Crippen LogP contribution >= 0.6 is 15.9 Å². The third kappa shape index (κ3) is 4.93. The molecule has 1 aliphatic heterocycles.